The second-order valence-electron chi connectivity index (χ2n) is 7.61. The molecular formula is C22H25N3O3S2. The van der Waals surface area contributed by atoms with Crippen molar-refractivity contribution in [1.29, 1.82) is 0 Å². The van der Waals surface area contributed by atoms with Crippen molar-refractivity contribution in [3.63, 3.8) is 0 Å². The van der Waals surface area contributed by atoms with Crippen molar-refractivity contribution in [2.45, 2.75) is 31.1 Å². The second-order valence-corrected chi connectivity index (χ2v) is 10.4. The molecule has 0 radical (unpaired) electrons. The van der Waals surface area contributed by atoms with Crippen molar-refractivity contribution in [2.24, 2.45) is 0 Å². The number of sulfonamides is 1. The SMILES string of the molecule is CCC(C)c1ccc(S(=O)(=O)N2CCN(C(=O)c3ccc4ncsc4c3)CC2)cc1. The van der Waals surface area contributed by atoms with Gasteiger partial charge in [-0.1, -0.05) is 26.0 Å². The summed E-state index contributed by atoms with van der Waals surface area (Å²) in [6, 6.07) is 12.7. The topological polar surface area (TPSA) is 70.6 Å². The van der Waals surface area contributed by atoms with Crippen LogP contribution in [0, 0.1) is 0 Å². The van der Waals surface area contributed by atoms with Crippen molar-refractivity contribution in [1.82, 2.24) is 14.2 Å². The van der Waals surface area contributed by atoms with E-state index >= 15 is 0 Å². The molecule has 158 valence electrons. The van der Waals surface area contributed by atoms with Crippen LogP contribution < -0.4 is 0 Å². The van der Waals surface area contributed by atoms with Gasteiger partial charge >= 0.3 is 0 Å². The number of amides is 1. The molecule has 0 saturated carbocycles. The molecule has 1 unspecified atom stereocenters. The van der Waals surface area contributed by atoms with Gasteiger partial charge in [-0.25, -0.2) is 13.4 Å². The van der Waals surface area contributed by atoms with E-state index in [0.29, 0.717) is 42.6 Å². The lowest BCUT2D eigenvalue weighted by Crippen LogP contribution is -2.50. The number of piperazine rings is 1. The van der Waals surface area contributed by atoms with Crippen LogP contribution >= 0.6 is 11.3 Å². The molecule has 30 heavy (non-hydrogen) atoms. The summed E-state index contributed by atoms with van der Waals surface area (Å²) in [7, 11) is -3.56. The van der Waals surface area contributed by atoms with E-state index in [-0.39, 0.29) is 5.91 Å². The van der Waals surface area contributed by atoms with Gasteiger partial charge in [-0.3, -0.25) is 4.79 Å². The molecule has 1 aromatic heterocycles. The molecule has 8 heteroatoms. The zero-order chi connectivity index (χ0) is 21.3. The number of aromatic nitrogens is 1. The Balaban J connectivity index is 1.43. The lowest BCUT2D eigenvalue weighted by molar-refractivity contribution is 0.0698. The number of nitrogens with zero attached hydrogens (tertiary/aromatic N) is 3. The van der Waals surface area contributed by atoms with Crippen molar-refractivity contribution in [2.75, 3.05) is 26.2 Å². The van der Waals surface area contributed by atoms with Crippen LogP contribution in [0.25, 0.3) is 10.2 Å². The maximum Gasteiger partial charge on any atom is 0.253 e. The van der Waals surface area contributed by atoms with Crippen LogP contribution in [0.15, 0.2) is 52.9 Å². The van der Waals surface area contributed by atoms with Crippen LogP contribution in [-0.4, -0.2) is 54.7 Å². The van der Waals surface area contributed by atoms with Gasteiger partial charge in [0.05, 0.1) is 20.6 Å². The van der Waals surface area contributed by atoms with Crippen LogP contribution in [0.4, 0.5) is 0 Å². The van der Waals surface area contributed by atoms with Gasteiger partial charge in [0.2, 0.25) is 10.0 Å². The molecule has 0 bridgehead atoms. The summed E-state index contributed by atoms with van der Waals surface area (Å²) in [6.07, 6.45) is 1.01. The lowest BCUT2D eigenvalue weighted by Gasteiger charge is -2.34. The fraction of sp³-hybridized carbons (Fsp3) is 0.364. The minimum atomic E-state index is -3.56. The van der Waals surface area contributed by atoms with Crippen LogP contribution in [0.3, 0.4) is 0 Å². The summed E-state index contributed by atoms with van der Waals surface area (Å²) in [5, 5.41) is 0. The summed E-state index contributed by atoms with van der Waals surface area (Å²) in [5.41, 5.74) is 4.40. The van der Waals surface area contributed by atoms with Crippen molar-refractivity contribution < 1.29 is 13.2 Å². The number of fused-ring (bicyclic) bond motifs is 1. The number of carbonyl (C=O) groups is 1. The molecule has 1 atom stereocenters. The molecule has 0 spiro atoms. The highest BCUT2D eigenvalue weighted by atomic mass is 32.2. The monoisotopic (exact) mass is 443 g/mol. The first-order valence-corrected chi connectivity index (χ1v) is 12.4. The van der Waals surface area contributed by atoms with Crippen molar-refractivity contribution >= 4 is 37.5 Å². The first kappa shape index (κ1) is 21.0. The first-order chi connectivity index (χ1) is 14.4. The van der Waals surface area contributed by atoms with Gasteiger partial charge in [-0.05, 0) is 48.2 Å². The molecule has 2 aromatic carbocycles. The molecule has 1 fully saturated rings. The predicted octanol–water partition coefficient (Wildman–Crippen LogP) is 3.96. The van der Waals surface area contributed by atoms with Crippen LogP contribution in [0.1, 0.15) is 42.1 Å². The lowest BCUT2D eigenvalue weighted by atomic mass is 9.99. The average molecular weight is 444 g/mol. The Labute approximate surface area is 181 Å². The van der Waals surface area contributed by atoms with Crippen LogP contribution in [0.5, 0.6) is 0 Å². The number of hydrogen-bond acceptors (Lipinski definition) is 5. The fourth-order valence-corrected chi connectivity index (χ4v) is 5.79. The molecule has 1 saturated heterocycles. The smallest absolute Gasteiger partial charge is 0.253 e. The largest absolute Gasteiger partial charge is 0.336 e. The van der Waals surface area contributed by atoms with E-state index in [4.69, 9.17) is 0 Å². The average Bonchev–Trinajstić information content (AvgIpc) is 3.26. The quantitative estimate of drug-likeness (QED) is 0.599. The maximum absolute atomic E-state index is 13.0. The summed E-state index contributed by atoms with van der Waals surface area (Å²) in [6.45, 7) is 5.60. The van der Waals surface area contributed by atoms with Gasteiger partial charge in [-0.2, -0.15) is 4.31 Å². The molecule has 1 amide bonds. The van der Waals surface area contributed by atoms with E-state index in [1.54, 1.807) is 28.6 Å². The third-order valence-electron chi connectivity index (χ3n) is 5.80. The fourth-order valence-electron chi connectivity index (χ4n) is 3.66. The first-order valence-electron chi connectivity index (χ1n) is 10.1. The second kappa shape index (κ2) is 8.45. The molecule has 1 aliphatic rings. The maximum atomic E-state index is 13.0. The highest BCUT2D eigenvalue weighted by molar-refractivity contribution is 7.89. The van der Waals surface area contributed by atoms with E-state index in [9.17, 15) is 13.2 Å². The Morgan fingerprint density at radius 2 is 1.80 bits per heavy atom. The third kappa shape index (κ3) is 3.99. The summed E-state index contributed by atoms with van der Waals surface area (Å²) >= 11 is 1.50. The molecule has 2 heterocycles. The van der Waals surface area contributed by atoms with E-state index in [0.717, 1.165) is 22.2 Å². The van der Waals surface area contributed by atoms with Gasteiger partial charge in [0.25, 0.3) is 5.91 Å². The Bertz CT molecular complexity index is 1150. The Kier molecular flexibility index (Phi) is 5.90. The van der Waals surface area contributed by atoms with Gasteiger partial charge in [0.15, 0.2) is 0 Å². The normalized spacial score (nSPS) is 16.7. The number of carbonyl (C=O) groups excluding carboxylic acids is 1. The summed E-state index contributed by atoms with van der Waals surface area (Å²) < 4.78 is 28.5. The highest BCUT2D eigenvalue weighted by Gasteiger charge is 2.30. The van der Waals surface area contributed by atoms with Crippen molar-refractivity contribution in [3.8, 4) is 0 Å². The van der Waals surface area contributed by atoms with E-state index in [2.05, 4.69) is 18.8 Å². The number of rotatable bonds is 5. The molecule has 1 aliphatic heterocycles. The predicted molar refractivity (Wildman–Crippen MR) is 119 cm³/mol. The standard InChI is InChI=1S/C22H25N3O3S2/c1-3-16(2)17-4-7-19(8-5-17)30(27,28)25-12-10-24(11-13-25)22(26)18-6-9-20-21(14-18)29-15-23-20/h4-9,14-16H,3,10-13H2,1-2H3. The van der Waals surface area contributed by atoms with Gasteiger partial charge < -0.3 is 4.90 Å². The zero-order valence-corrected chi connectivity index (χ0v) is 18.7. The Morgan fingerprint density at radius 1 is 1.10 bits per heavy atom. The third-order valence-corrected chi connectivity index (χ3v) is 8.51. The van der Waals surface area contributed by atoms with Gasteiger partial charge in [0.1, 0.15) is 0 Å². The van der Waals surface area contributed by atoms with E-state index in [1.807, 2.05) is 24.3 Å². The summed E-state index contributed by atoms with van der Waals surface area (Å²) in [5.74, 6) is 0.334. The molecule has 0 aliphatic carbocycles. The van der Waals surface area contributed by atoms with Gasteiger partial charge in [0, 0.05) is 31.7 Å². The zero-order valence-electron chi connectivity index (χ0n) is 17.1. The highest BCUT2D eigenvalue weighted by Crippen LogP contribution is 2.24. The molecule has 0 N–H and O–H groups in total. The Morgan fingerprint density at radius 3 is 2.47 bits per heavy atom. The number of hydrogen-bond donors (Lipinski definition) is 0. The van der Waals surface area contributed by atoms with Gasteiger partial charge in [-0.15, -0.1) is 11.3 Å². The minimum Gasteiger partial charge on any atom is -0.336 e. The van der Waals surface area contributed by atoms with E-state index in [1.165, 1.54) is 15.6 Å². The number of benzene rings is 2. The summed E-state index contributed by atoms with van der Waals surface area (Å²) in [4.78, 5) is 19.1. The number of thiazole rings is 1. The Hall–Kier alpha value is -2.29. The molecular weight excluding hydrogens is 418 g/mol. The van der Waals surface area contributed by atoms with Crippen LogP contribution in [-0.2, 0) is 10.0 Å². The van der Waals surface area contributed by atoms with E-state index < -0.39 is 10.0 Å². The molecule has 6 nitrogen and oxygen atoms in total. The van der Waals surface area contributed by atoms with Crippen molar-refractivity contribution in [3.05, 3.63) is 59.1 Å². The van der Waals surface area contributed by atoms with Crippen LogP contribution in [0.2, 0.25) is 0 Å². The minimum absolute atomic E-state index is 0.0692. The molecule has 4 rings (SSSR count). The molecule has 3 aromatic rings.